The molecule has 0 saturated carbocycles. The van der Waals surface area contributed by atoms with Gasteiger partial charge in [0.2, 0.25) is 11.8 Å². The topological polar surface area (TPSA) is 109 Å². The molecule has 4 amide bonds. The summed E-state index contributed by atoms with van der Waals surface area (Å²) in [4.78, 5) is 49.4. The molecule has 44 heavy (non-hydrogen) atoms. The van der Waals surface area contributed by atoms with Crippen LogP contribution in [0.15, 0.2) is 91.1 Å². The molecule has 10 heteroatoms. The first-order valence-corrected chi connectivity index (χ1v) is 15.0. The zero-order chi connectivity index (χ0) is 30.6. The summed E-state index contributed by atoms with van der Waals surface area (Å²) in [7, 11) is 0. The molecule has 1 aromatic heterocycles. The predicted octanol–water partition coefficient (Wildman–Crippen LogP) is 3.90. The Bertz CT molecular complexity index is 1640. The van der Waals surface area contributed by atoms with E-state index in [1.54, 1.807) is 45.3 Å². The highest BCUT2D eigenvalue weighted by Gasteiger charge is 2.52. The van der Waals surface area contributed by atoms with E-state index in [1.807, 2.05) is 72.6 Å². The van der Waals surface area contributed by atoms with Gasteiger partial charge in [0.05, 0.1) is 18.6 Å². The Morgan fingerprint density at radius 3 is 2.55 bits per heavy atom. The molecule has 0 aliphatic carbocycles. The number of hydrazine groups is 1. The number of carbonyl (C=O) groups excluding carboxylic acids is 3. The van der Waals surface area contributed by atoms with Crippen molar-refractivity contribution in [3.63, 3.8) is 0 Å². The highest BCUT2D eigenvalue weighted by Crippen LogP contribution is 2.31. The first-order valence-electron chi connectivity index (χ1n) is 15.0. The lowest BCUT2D eigenvalue weighted by Crippen LogP contribution is -2.66. The van der Waals surface area contributed by atoms with E-state index in [9.17, 15) is 19.5 Å². The van der Waals surface area contributed by atoms with Gasteiger partial charge in [0, 0.05) is 37.6 Å². The number of amides is 4. The first kappa shape index (κ1) is 29.1. The number of hydrogen-bond donors (Lipinski definition) is 2. The van der Waals surface area contributed by atoms with Gasteiger partial charge in [-0.2, -0.15) is 5.01 Å². The quantitative estimate of drug-likeness (QED) is 0.305. The van der Waals surface area contributed by atoms with Crippen molar-refractivity contribution in [2.45, 2.75) is 45.1 Å². The van der Waals surface area contributed by atoms with Crippen molar-refractivity contribution in [2.24, 2.45) is 0 Å². The number of urea groups is 1. The molecule has 226 valence electrons. The van der Waals surface area contributed by atoms with Gasteiger partial charge >= 0.3 is 6.03 Å². The van der Waals surface area contributed by atoms with Crippen LogP contribution in [-0.4, -0.2) is 79.6 Å². The maximum absolute atomic E-state index is 14.2. The van der Waals surface area contributed by atoms with Crippen LogP contribution in [0.4, 0.5) is 4.79 Å². The van der Waals surface area contributed by atoms with Crippen molar-refractivity contribution in [1.29, 1.82) is 0 Å². The number of piperazine rings is 1. The van der Waals surface area contributed by atoms with Gasteiger partial charge in [0.25, 0.3) is 0 Å². The van der Waals surface area contributed by atoms with Crippen LogP contribution >= 0.6 is 0 Å². The van der Waals surface area contributed by atoms with E-state index in [0.717, 1.165) is 27.6 Å². The molecule has 2 fully saturated rings. The first-order chi connectivity index (χ1) is 21.4. The van der Waals surface area contributed by atoms with E-state index < -0.39 is 12.2 Å². The molecule has 0 radical (unpaired) electrons. The maximum atomic E-state index is 14.2. The van der Waals surface area contributed by atoms with Gasteiger partial charge in [0.15, 0.2) is 0 Å². The fourth-order valence-electron chi connectivity index (χ4n) is 6.18. The number of aromatic hydroxyl groups is 1. The van der Waals surface area contributed by atoms with E-state index in [0.29, 0.717) is 26.1 Å². The molecule has 3 heterocycles. The summed E-state index contributed by atoms with van der Waals surface area (Å²) < 4.78 is 0. The van der Waals surface area contributed by atoms with Crippen molar-refractivity contribution in [3.8, 4) is 5.75 Å². The average molecular weight is 593 g/mol. The zero-order valence-corrected chi connectivity index (χ0v) is 24.7. The largest absolute Gasteiger partial charge is 0.508 e. The van der Waals surface area contributed by atoms with E-state index >= 15 is 0 Å². The minimum atomic E-state index is -0.764. The summed E-state index contributed by atoms with van der Waals surface area (Å²) in [6.07, 6.45) is 2.20. The molecule has 2 aliphatic heterocycles. The Balaban J connectivity index is 1.31. The summed E-state index contributed by atoms with van der Waals surface area (Å²) in [6.45, 7) is 3.36. The normalized spacial score (nSPS) is 18.5. The highest BCUT2D eigenvalue weighted by atomic mass is 16.3. The fraction of sp³-hybridized carbons (Fsp3) is 0.294. The van der Waals surface area contributed by atoms with Gasteiger partial charge in [-0.15, -0.1) is 0 Å². The second kappa shape index (κ2) is 12.7. The molecule has 2 N–H and O–H groups in total. The average Bonchev–Trinajstić information content (AvgIpc) is 3.37. The number of phenolic OH excluding ortho intramolecular Hbond substituents is 1. The fourth-order valence-corrected chi connectivity index (χ4v) is 6.18. The van der Waals surface area contributed by atoms with Crippen LogP contribution in [0.25, 0.3) is 10.9 Å². The van der Waals surface area contributed by atoms with Crippen LogP contribution in [0.5, 0.6) is 5.75 Å². The molecule has 0 spiro atoms. The monoisotopic (exact) mass is 592 g/mol. The number of fused-ring (bicyclic) bond motifs is 2. The lowest BCUT2D eigenvalue weighted by molar-refractivity contribution is -0.157. The van der Waals surface area contributed by atoms with Crippen LogP contribution in [-0.2, 0) is 29.1 Å². The third-order valence-corrected chi connectivity index (χ3v) is 8.30. The SMILES string of the molecule is CCCN(C(=O)NCc1ccccc1)N1CC(=O)N2[C@@H](Cc3ccc(O)cc3)C(=O)N(Cc3cccc4ncccc34)C[C@@H]21. The van der Waals surface area contributed by atoms with E-state index in [4.69, 9.17) is 0 Å². The van der Waals surface area contributed by atoms with Crippen molar-refractivity contribution in [2.75, 3.05) is 19.6 Å². The third kappa shape index (κ3) is 5.93. The summed E-state index contributed by atoms with van der Waals surface area (Å²) >= 11 is 0. The summed E-state index contributed by atoms with van der Waals surface area (Å²) in [6, 6.07) is 25.1. The number of phenols is 1. The summed E-state index contributed by atoms with van der Waals surface area (Å²) in [5.41, 5.74) is 3.61. The Kier molecular flexibility index (Phi) is 8.42. The van der Waals surface area contributed by atoms with E-state index in [2.05, 4.69) is 10.3 Å². The number of nitrogens with zero attached hydrogens (tertiary/aromatic N) is 5. The van der Waals surface area contributed by atoms with Gasteiger partial charge in [-0.1, -0.05) is 67.6 Å². The maximum Gasteiger partial charge on any atom is 0.332 e. The number of rotatable bonds is 9. The minimum absolute atomic E-state index is 0.00515. The lowest BCUT2D eigenvalue weighted by atomic mass is 9.99. The number of pyridine rings is 1. The Labute approximate surface area is 256 Å². The van der Waals surface area contributed by atoms with Gasteiger partial charge in [-0.3, -0.25) is 19.6 Å². The Morgan fingerprint density at radius 2 is 1.77 bits per heavy atom. The number of benzene rings is 3. The summed E-state index contributed by atoms with van der Waals surface area (Å²) in [5, 5.41) is 17.2. The number of aromatic nitrogens is 1. The van der Waals surface area contributed by atoms with Crippen LogP contribution in [0.3, 0.4) is 0 Å². The molecule has 2 saturated heterocycles. The van der Waals surface area contributed by atoms with Crippen LogP contribution < -0.4 is 5.32 Å². The molecule has 0 bridgehead atoms. The molecular formula is C34H36N6O4. The van der Waals surface area contributed by atoms with Crippen LogP contribution in [0, 0.1) is 0 Å². The van der Waals surface area contributed by atoms with Gasteiger partial charge in [-0.25, -0.2) is 4.79 Å². The van der Waals surface area contributed by atoms with Crippen molar-refractivity contribution < 1.29 is 19.5 Å². The summed E-state index contributed by atoms with van der Waals surface area (Å²) in [5.74, 6) is -0.216. The minimum Gasteiger partial charge on any atom is -0.508 e. The molecule has 3 aromatic carbocycles. The van der Waals surface area contributed by atoms with Crippen molar-refractivity contribution >= 4 is 28.7 Å². The second-order valence-corrected chi connectivity index (χ2v) is 11.2. The Morgan fingerprint density at radius 1 is 0.977 bits per heavy atom. The Hall–Kier alpha value is -4.96. The van der Waals surface area contributed by atoms with Crippen LogP contribution in [0.1, 0.15) is 30.0 Å². The molecule has 0 unspecified atom stereocenters. The molecule has 2 atom stereocenters. The number of carbonyl (C=O) groups is 3. The molecule has 10 nitrogen and oxygen atoms in total. The van der Waals surface area contributed by atoms with Gasteiger partial charge in [-0.05, 0) is 47.4 Å². The van der Waals surface area contributed by atoms with E-state index in [1.165, 1.54) is 0 Å². The lowest BCUT2D eigenvalue weighted by Gasteiger charge is -2.46. The number of hydrogen-bond acceptors (Lipinski definition) is 6. The smallest absolute Gasteiger partial charge is 0.332 e. The van der Waals surface area contributed by atoms with Crippen molar-refractivity contribution in [1.82, 2.24) is 30.1 Å². The third-order valence-electron chi connectivity index (χ3n) is 8.30. The van der Waals surface area contributed by atoms with Crippen molar-refractivity contribution in [3.05, 3.63) is 108 Å². The molecule has 4 aromatic rings. The predicted molar refractivity (Wildman–Crippen MR) is 166 cm³/mol. The molecule has 2 aliphatic rings. The molecule has 6 rings (SSSR count). The standard InChI is InChI=1S/C34H36N6O4/c1-2-18-38(34(44)36-20-25-8-4-3-5-9-25)39-23-32(42)40-30(19-24-13-15-27(41)16-14-24)33(43)37(22-31(39)40)21-26-10-6-12-29-28(26)11-7-17-35-29/h3-17,30-31,41H,2,18-23H2,1H3,(H,36,44)/t30-,31+/m0/s1. The van der Waals surface area contributed by atoms with Gasteiger partial charge < -0.3 is 20.2 Å². The molecular weight excluding hydrogens is 556 g/mol. The number of nitrogens with one attached hydrogen (secondary N) is 1. The van der Waals surface area contributed by atoms with Crippen LogP contribution in [0.2, 0.25) is 0 Å². The zero-order valence-electron chi connectivity index (χ0n) is 24.7. The van der Waals surface area contributed by atoms with Gasteiger partial charge in [0.1, 0.15) is 18.0 Å². The second-order valence-electron chi connectivity index (χ2n) is 11.2. The van der Waals surface area contributed by atoms with E-state index in [-0.39, 0.29) is 43.1 Å². The highest BCUT2D eigenvalue weighted by molar-refractivity contribution is 5.92.